The highest BCUT2D eigenvalue weighted by Crippen LogP contribution is 2.44. The molecule has 3 aromatic rings. The van der Waals surface area contributed by atoms with Crippen molar-refractivity contribution in [2.24, 2.45) is 5.92 Å². The van der Waals surface area contributed by atoms with Crippen molar-refractivity contribution in [3.63, 3.8) is 0 Å². The number of carbonyl (C=O) groups is 2. The summed E-state index contributed by atoms with van der Waals surface area (Å²) in [6, 6.07) is 21.4. The number of fused-ring (bicyclic) bond motifs is 4. The fourth-order valence-corrected chi connectivity index (χ4v) is 5.16. The van der Waals surface area contributed by atoms with Gasteiger partial charge in [0.15, 0.2) is 0 Å². The molecule has 0 aromatic heterocycles. The van der Waals surface area contributed by atoms with Crippen LogP contribution in [-0.4, -0.2) is 29.8 Å². The van der Waals surface area contributed by atoms with Crippen molar-refractivity contribution in [3.05, 3.63) is 94.5 Å². The van der Waals surface area contributed by atoms with Crippen LogP contribution in [-0.2, 0) is 22.4 Å². The first-order chi connectivity index (χ1) is 15.5. The van der Waals surface area contributed by atoms with Crippen molar-refractivity contribution in [3.8, 4) is 11.1 Å². The number of aliphatic carboxylic acids is 1. The van der Waals surface area contributed by atoms with Gasteiger partial charge < -0.3 is 15.2 Å². The van der Waals surface area contributed by atoms with Gasteiger partial charge in [0.1, 0.15) is 12.6 Å². The van der Waals surface area contributed by atoms with Gasteiger partial charge in [0.25, 0.3) is 0 Å². The van der Waals surface area contributed by atoms with Gasteiger partial charge in [-0.1, -0.05) is 72.3 Å². The Morgan fingerprint density at radius 3 is 2.25 bits per heavy atom. The van der Waals surface area contributed by atoms with Crippen LogP contribution in [0.25, 0.3) is 11.1 Å². The second-order valence-electron chi connectivity index (χ2n) is 8.73. The fourth-order valence-electron chi connectivity index (χ4n) is 5.16. The third-order valence-corrected chi connectivity index (χ3v) is 6.68. The molecular formula is C27H25NO4. The lowest BCUT2D eigenvalue weighted by Gasteiger charge is -2.21. The number of aryl methyl sites for hydroxylation is 1. The fraction of sp³-hybridized carbons (Fsp3) is 0.259. The quantitative estimate of drug-likeness (QED) is 0.619. The van der Waals surface area contributed by atoms with Gasteiger partial charge in [-0.05, 0) is 59.1 Å². The lowest BCUT2D eigenvalue weighted by molar-refractivity contribution is -0.140. The van der Waals surface area contributed by atoms with E-state index in [4.69, 9.17) is 4.74 Å². The summed E-state index contributed by atoms with van der Waals surface area (Å²) in [6.07, 6.45) is 0.583. The highest BCUT2D eigenvalue weighted by atomic mass is 16.5. The van der Waals surface area contributed by atoms with Crippen molar-refractivity contribution >= 4 is 12.1 Å². The van der Waals surface area contributed by atoms with Crippen LogP contribution in [0.2, 0.25) is 0 Å². The Labute approximate surface area is 187 Å². The molecule has 162 valence electrons. The lowest BCUT2D eigenvalue weighted by Crippen LogP contribution is -2.46. The molecule has 3 aromatic carbocycles. The van der Waals surface area contributed by atoms with E-state index in [0.29, 0.717) is 12.8 Å². The van der Waals surface area contributed by atoms with Crippen LogP contribution in [0.15, 0.2) is 66.7 Å². The van der Waals surface area contributed by atoms with E-state index in [1.54, 1.807) is 0 Å². The van der Waals surface area contributed by atoms with Crippen molar-refractivity contribution in [2.45, 2.75) is 31.7 Å². The summed E-state index contributed by atoms with van der Waals surface area (Å²) in [4.78, 5) is 24.6. The van der Waals surface area contributed by atoms with Gasteiger partial charge in [-0.3, -0.25) is 0 Å². The second-order valence-corrected chi connectivity index (χ2v) is 8.73. The van der Waals surface area contributed by atoms with Gasteiger partial charge in [-0.2, -0.15) is 0 Å². The summed E-state index contributed by atoms with van der Waals surface area (Å²) in [7, 11) is 0. The number of hydrogen-bond donors (Lipinski definition) is 2. The van der Waals surface area contributed by atoms with E-state index in [1.807, 2.05) is 37.3 Å². The predicted octanol–water partition coefficient (Wildman–Crippen LogP) is 4.70. The molecule has 0 saturated carbocycles. The zero-order chi connectivity index (χ0) is 22.2. The largest absolute Gasteiger partial charge is 0.480 e. The Balaban J connectivity index is 1.27. The van der Waals surface area contributed by atoms with E-state index in [9.17, 15) is 14.7 Å². The first-order valence-corrected chi connectivity index (χ1v) is 10.9. The molecule has 0 aliphatic heterocycles. The van der Waals surface area contributed by atoms with Crippen LogP contribution in [0.3, 0.4) is 0 Å². The van der Waals surface area contributed by atoms with Crippen LogP contribution < -0.4 is 5.32 Å². The molecule has 0 bridgehead atoms. The molecule has 2 atom stereocenters. The highest BCUT2D eigenvalue weighted by Gasteiger charge is 2.35. The smallest absolute Gasteiger partial charge is 0.407 e. The first-order valence-electron chi connectivity index (χ1n) is 10.9. The summed E-state index contributed by atoms with van der Waals surface area (Å²) in [5, 5.41) is 12.4. The second kappa shape index (κ2) is 8.15. The van der Waals surface area contributed by atoms with Crippen LogP contribution >= 0.6 is 0 Å². The van der Waals surface area contributed by atoms with Crippen molar-refractivity contribution < 1.29 is 19.4 Å². The summed E-state index contributed by atoms with van der Waals surface area (Å²) in [5.74, 6) is -1.28. The SMILES string of the molecule is Cc1ccc2c(c1)C[C@@H]([C@@H](NC(=O)OCC1c3ccccc3-c3ccccc31)C(=O)O)C2. The summed E-state index contributed by atoms with van der Waals surface area (Å²) >= 11 is 0. The average Bonchev–Trinajstić information content (AvgIpc) is 3.34. The number of carbonyl (C=O) groups excluding carboxylic acids is 1. The van der Waals surface area contributed by atoms with Gasteiger partial charge >= 0.3 is 12.1 Å². The zero-order valence-corrected chi connectivity index (χ0v) is 17.9. The van der Waals surface area contributed by atoms with Crippen LogP contribution in [0.5, 0.6) is 0 Å². The van der Waals surface area contributed by atoms with E-state index in [1.165, 1.54) is 0 Å². The third-order valence-electron chi connectivity index (χ3n) is 6.68. The maximum atomic E-state index is 12.6. The molecule has 0 unspecified atom stereocenters. The summed E-state index contributed by atoms with van der Waals surface area (Å²) < 4.78 is 5.56. The molecule has 5 rings (SSSR count). The van der Waals surface area contributed by atoms with Crippen molar-refractivity contribution in [2.75, 3.05) is 6.61 Å². The van der Waals surface area contributed by atoms with Gasteiger partial charge in [-0.15, -0.1) is 0 Å². The summed E-state index contributed by atoms with van der Waals surface area (Å²) in [5.41, 5.74) is 8.02. The first kappa shape index (κ1) is 20.3. The number of carboxylic acid groups (broad SMARTS) is 1. The number of nitrogens with one attached hydrogen (secondary N) is 1. The predicted molar refractivity (Wildman–Crippen MR) is 122 cm³/mol. The number of ether oxygens (including phenoxy) is 1. The molecule has 1 amide bonds. The maximum absolute atomic E-state index is 12.6. The third kappa shape index (κ3) is 3.64. The lowest BCUT2D eigenvalue weighted by atomic mass is 9.96. The maximum Gasteiger partial charge on any atom is 0.407 e. The molecule has 0 heterocycles. The Morgan fingerprint density at radius 2 is 1.59 bits per heavy atom. The number of alkyl carbamates (subject to hydrolysis) is 1. The number of carboxylic acids is 1. The molecule has 0 radical (unpaired) electrons. The number of rotatable bonds is 5. The van der Waals surface area contributed by atoms with E-state index >= 15 is 0 Å². The monoisotopic (exact) mass is 427 g/mol. The molecule has 0 spiro atoms. The van der Waals surface area contributed by atoms with Crippen molar-refractivity contribution in [1.29, 1.82) is 0 Å². The van der Waals surface area contributed by atoms with E-state index in [0.717, 1.165) is 38.9 Å². The molecule has 32 heavy (non-hydrogen) atoms. The number of amides is 1. The summed E-state index contributed by atoms with van der Waals surface area (Å²) in [6.45, 7) is 2.19. The number of benzene rings is 3. The normalized spacial score (nSPS) is 17.2. The van der Waals surface area contributed by atoms with Crippen LogP contribution in [0.1, 0.15) is 33.7 Å². The molecule has 2 aliphatic carbocycles. The topological polar surface area (TPSA) is 75.6 Å². The van der Waals surface area contributed by atoms with Crippen molar-refractivity contribution in [1.82, 2.24) is 5.32 Å². The Bertz CT molecular complexity index is 1160. The van der Waals surface area contributed by atoms with Crippen LogP contribution in [0, 0.1) is 12.8 Å². The zero-order valence-electron chi connectivity index (χ0n) is 17.9. The molecular weight excluding hydrogens is 402 g/mol. The van der Waals surface area contributed by atoms with E-state index < -0.39 is 18.1 Å². The minimum Gasteiger partial charge on any atom is -0.480 e. The average molecular weight is 428 g/mol. The van der Waals surface area contributed by atoms with Gasteiger partial charge in [0.2, 0.25) is 0 Å². The molecule has 2 aliphatic rings. The Hall–Kier alpha value is -3.60. The molecule has 5 heteroatoms. The van der Waals surface area contributed by atoms with E-state index in [-0.39, 0.29) is 18.4 Å². The minimum atomic E-state index is -1.03. The van der Waals surface area contributed by atoms with Crippen LogP contribution in [0.4, 0.5) is 4.79 Å². The number of hydrogen-bond acceptors (Lipinski definition) is 3. The Kier molecular flexibility index (Phi) is 5.17. The van der Waals surface area contributed by atoms with Gasteiger partial charge in [0, 0.05) is 5.92 Å². The Morgan fingerprint density at radius 1 is 0.969 bits per heavy atom. The molecule has 0 saturated heterocycles. The molecule has 0 fully saturated rings. The standard InChI is InChI=1S/C27H25NO4/c1-16-10-11-17-13-19(14-18(17)12-16)25(26(29)30)28-27(31)32-15-24-22-8-4-2-6-20(22)21-7-3-5-9-23(21)24/h2-12,19,24-25H,13-15H2,1H3,(H,28,31)(H,29,30)/t19-,25+/m0/s1. The molecule has 2 N–H and O–H groups in total. The van der Waals surface area contributed by atoms with E-state index in [2.05, 4.69) is 41.7 Å². The van der Waals surface area contributed by atoms with Gasteiger partial charge in [-0.25, -0.2) is 9.59 Å². The molecule has 5 nitrogen and oxygen atoms in total. The highest BCUT2D eigenvalue weighted by molar-refractivity contribution is 5.81. The van der Waals surface area contributed by atoms with Gasteiger partial charge in [0.05, 0.1) is 0 Å². The minimum absolute atomic E-state index is 0.0601.